The van der Waals surface area contributed by atoms with Gasteiger partial charge in [0.2, 0.25) is 4.77 Å². The van der Waals surface area contributed by atoms with Crippen LogP contribution in [0.3, 0.4) is 0 Å². The van der Waals surface area contributed by atoms with Crippen LogP contribution in [0.1, 0.15) is 5.56 Å². The molecule has 21 heavy (non-hydrogen) atoms. The Morgan fingerprint density at radius 3 is 2.52 bits per heavy atom. The third-order valence-corrected chi connectivity index (χ3v) is 3.33. The minimum atomic E-state index is -0.247. The topological polar surface area (TPSA) is 45.6 Å². The van der Waals surface area contributed by atoms with E-state index in [4.69, 9.17) is 12.2 Å². The van der Waals surface area contributed by atoms with Gasteiger partial charge in [-0.15, -0.1) is 0 Å². The number of aromatic nitrogens is 3. The molecule has 0 aliphatic carbocycles. The summed E-state index contributed by atoms with van der Waals surface area (Å²) in [6.07, 6.45) is 0. The molecule has 2 N–H and O–H groups in total. The van der Waals surface area contributed by atoms with Crippen molar-refractivity contribution in [3.05, 3.63) is 70.7 Å². The maximum absolute atomic E-state index is 12.9. The van der Waals surface area contributed by atoms with Gasteiger partial charge in [0.25, 0.3) is 0 Å². The van der Waals surface area contributed by atoms with Crippen molar-refractivity contribution in [3.8, 4) is 11.4 Å². The summed E-state index contributed by atoms with van der Waals surface area (Å²) in [5, 5.41) is 7.01. The summed E-state index contributed by atoms with van der Waals surface area (Å²) in [5.74, 6) is 0.464. The summed E-state index contributed by atoms with van der Waals surface area (Å²) in [7, 11) is 0. The molecule has 3 rings (SSSR count). The Labute approximate surface area is 126 Å². The molecule has 3 aromatic rings. The average molecular weight is 300 g/mol. The van der Waals surface area contributed by atoms with E-state index in [1.54, 1.807) is 16.8 Å². The molecule has 0 unspecified atom stereocenters. The lowest BCUT2D eigenvalue weighted by Crippen LogP contribution is -2.15. The molecule has 0 fully saturated rings. The Hall–Kier alpha value is -2.47. The van der Waals surface area contributed by atoms with Crippen LogP contribution in [0.15, 0.2) is 54.6 Å². The summed E-state index contributed by atoms with van der Waals surface area (Å²) < 4.78 is 15.1. The molecule has 0 radical (unpaired) electrons. The van der Waals surface area contributed by atoms with Crippen LogP contribution in [-0.2, 0) is 6.54 Å². The third kappa shape index (κ3) is 3.00. The van der Waals surface area contributed by atoms with Crippen molar-refractivity contribution in [2.45, 2.75) is 6.54 Å². The van der Waals surface area contributed by atoms with Crippen molar-refractivity contribution >= 4 is 12.2 Å². The first-order valence-electron chi connectivity index (χ1n) is 6.45. The fourth-order valence-electron chi connectivity index (χ4n) is 2.00. The van der Waals surface area contributed by atoms with Gasteiger partial charge in [-0.1, -0.05) is 42.5 Å². The van der Waals surface area contributed by atoms with Crippen LogP contribution < -0.4 is 5.43 Å². The summed E-state index contributed by atoms with van der Waals surface area (Å²) in [5.41, 5.74) is 5.10. The van der Waals surface area contributed by atoms with Gasteiger partial charge in [-0.05, 0) is 29.9 Å². The lowest BCUT2D eigenvalue weighted by Gasteiger charge is -2.10. The van der Waals surface area contributed by atoms with Crippen molar-refractivity contribution in [3.63, 3.8) is 0 Å². The Morgan fingerprint density at radius 2 is 1.81 bits per heavy atom. The second kappa shape index (κ2) is 5.88. The van der Waals surface area contributed by atoms with Crippen molar-refractivity contribution in [2.75, 3.05) is 5.43 Å². The number of hydrogen-bond acceptors (Lipinski definition) is 3. The van der Waals surface area contributed by atoms with Gasteiger partial charge in [-0.2, -0.15) is 5.10 Å². The van der Waals surface area contributed by atoms with E-state index in [2.05, 4.69) is 15.6 Å². The van der Waals surface area contributed by atoms with Gasteiger partial charge >= 0.3 is 0 Å². The van der Waals surface area contributed by atoms with E-state index in [-0.39, 0.29) is 5.82 Å². The fraction of sp³-hybridized carbons (Fsp3) is 0.0667. The van der Waals surface area contributed by atoms with Gasteiger partial charge in [-0.25, -0.2) is 14.2 Å². The number of rotatable bonds is 4. The van der Waals surface area contributed by atoms with Gasteiger partial charge in [0.1, 0.15) is 5.82 Å². The van der Waals surface area contributed by atoms with Crippen molar-refractivity contribution in [2.24, 2.45) is 0 Å². The Kier molecular flexibility index (Phi) is 3.79. The van der Waals surface area contributed by atoms with E-state index in [1.165, 1.54) is 12.1 Å². The van der Waals surface area contributed by atoms with Crippen LogP contribution in [0.2, 0.25) is 0 Å². The summed E-state index contributed by atoms with van der Waals surface area (Å²) in [6, 6.07) is 16.1. The first kappa shape index (κ1) is 13.5. The van der Waals surface area contributed by atoms with E-state index in [0.29, 0.717) is 17.1 Å². The first-order chi connectivity index (χ1) is 10.2. The summed E-state index contributed by atoms with van der Waals surface area (Å²) >= 11 is 5.23. The molecule has 0 saturated heterocycles. The van der Waals surface area contributed by atoms with Crippen molar-refractivity contribution in [1.82, 2.24) is 14.9 Å². The molecule has 2 aromatic carbocycles. The fourth-order valence-corrected chi connectivity index (χ4v) is 2.19. The van der Waals surface area contributed by atoms with Gasteiger partial charge in [0.15, 0.2) is 5.82 Å². The molecule has 0 aliphatic rings. The van der Waals surface area contributed by atoms with Gasteiger partial charge in [0.05, 0.1) is 6.54 Å². The maximum Gasteiger partial charge on any atom is 0.214 e. The predicted octanol–water partition coefficient (Wildman–Crippen LogP) is 3.49. The zero-order valence-electron chi connectivity index (χ0n) is 11.1. The van der Waals surface area contributed by atoms with Crippen LogP contribution in [0.4, 0.5) is 4.39 Å². The van der Waals surface area contributed by atoms with E-state index in [1.807, 2.05) is 30.3 Å². The average Bonchev–Trinajstić information content (AvgIpc) is 2.89. The van der Waals surface area contributed by atoms with Crippen LogP contribution >= 0.6 is 12.2 Å². The summed E-state index contributed by atoms with van der Waals surface area (Å²) in [6.45, 7) is 0.522. The SMILES string of the molecule is Fc1ccc(CNn2c(-c3ccccc3)n[nH]c2=S)cc1. The minimum absolute atomic E-state index is 0.247. The molecule has 106 valence electrons. The quantitative estimate of drug-likeness (QED) is 0.725. The number of benzene rings is 2. The van der Waals surface area contributed by atoms with Gasteiger partial charge in [0, 0.05) is 5.56 Å². The molecule has 6 heteroatoms. The van der Waals surface area contributed by atoms with Crippen LogP contribution in [0.5, 0.6) is 0 Å². The number of nitrogens with zero attached hydrogens (tertiary/aromatic N) is 2. The Balaban J connectivity index is 1.84. The molecule has 0 aliphatic heterocycles. The zero-order valence-corrected chi connectivity index (χ0v) is 11.9. The molecule has 0 spiro atoms. The normalized spacial score (nSPS) is 10.5. The Morgan fingerprint density at radius 1 is 1.10 bits per heavy atom. The molecule has 4 nitrogen and oxygen atoms in total. The van der Waals surface area contributed by atoms with Crippen LogP contribution in [-0.4, -0.2) is 14.9 Å². The monoisotopic (exact) mass is 300 g/mol. The Bertz CT molecular complexity index is 777. The minimum Gasteiger partial charge on any atom is -0.317 e. The molecular formula is C15H13FN4S. The highest BCUT2D eigenvalue weighted by atomic mass is 32.1. The highest BCUT2D eigenvalue weighted by Crippen LogP contribution is 2.15. The van der Waals surface area contributed by atoms with Crippen LogP contribution in [0.25, 0.3) is 11.4 Å². The molecule has 0 bridgehead atoms. The number of halogens is 1. The maximum atomic E-state index is 12.9. The number of nitrogens with one attached hydrogen (secondary N) is 2. The lowest BCUT2D eigenvalue weighted by atomic mass is 10.2. The number of H-pyrrole nitrogens is 1. The van der Waals surface area contributed by atoms with Gasteiger partial charge < -0.3 is 5.43 Å². The second-order valence-electron chi connectivity index (χ2n) is 4.52. The number of aromatic amines is 1. The van der Waals surface area contributed by atoms with E-state index < -0.39 is 0 Å². The highest BCUT2D eigenvalue weighted by molar-refractivity contribution is 7.71. The van der Waals surface area contributed by atoms with E-state index in [9.17, 15) is 4.39 Å². The number of hydrogen-bond donors (Lipinski definition) is 2. The van der Waals surface area contributed by atoms with E-state index >= 15 is 0 Å². The van der Waals surface area contributed by atoms with Gasteiger partial charge in [-0.3, -0.25) is 0 Å². The predicted molar refractivity (Wildman–Crippen MR) is 82.3 cm³/mol. The molecule has 0 amide bonds. The lowest BCUT2D eigenvalue weighted by molar-refractivity contribution is 0.627. The molecule has 0 atom stereocenters. The third-order valence-electron chi connectivity index (χ3n) is 3.06. The highest BCUT2D eigenvalue weighted by Gasteiger charge is 2.07. The molecule has 1 heterocycles. The molecule has 0 saturated carbocycles. The second-order valence-corrected chi connectivity index (χ2v) is 4.90. The van der Waals surface area contributed by atoms with Crippen LogP contribution in [0, 0.1) is 10.6 Å². The summed E-state index contributed by atoms with van der Waals surface area (Å²) in [4.78, 5) is 0. The van der Waals surface area contributed by atoms with E-state index in [0.717, 1.165) is 11.1 Å². The first-order valence-corrected chi connectivity index (χ1v) is 6.86. The standard InChI is InChI=1S/C15H13FN4S/c16-13-8-6-11(7-9-13)10-17-20-14(18-19-15(20)21)12-4-2-1-3-5-12/h1-9,17H,10H2,(H,19,21). The molecular weight excluding hydrogens is 287 g/mol. The zero-order chi connectivity index (χ0) is 14.7. The smallest absolute Gasteiger partial charge is 0.214 e. The van der Waals surface area contributed by atoms with Crippen molar-refractivity contribution < 1.29 is 4.39 Å². The van der Waals surface area contributed by atoms with Crippen molar-refractivity contribution in [1.29, 1.82) is 0 Å². The largest absolute Gasteiger partial charge is 0.317 e. The molecule has 1 aromatic heterocycles.